The molecular weight excluding hydrogens is 409 g/mol. The number of rotatable bonds is 7. The number of carboxylic acid groups (broad SMARTS) is 1. The molecule has 2 heterocycles. The van der Waals surface area contributed by atoms with Gasteiger partial charge in [0.15, 0.2) is 11.6 Å². The van der Waals surface area contributed by atoms with Crippen molar-refractivity contribution in [3.8, 4) is 5.75 Å². The van der Waals surface area contributed by atoms with E-state index in [0.29, 0.717) is 30.7 Å². The summed E-state index contributed by atoms with van der Waals surface area (Å²) in [6, 6.07) is 4.77. The van der Waals surface area contributed by atoms with E-state index < -0.39 is 6.09 Å². The van der Waals surface area contributed by atoms with Gasteiger partial charge in [-0.1, -0.05) is 15.9 Å². The Labute approximate surface area is 160 Å². The van der Waals surface area contributed by atoms with Gasteiger partial charge in [-0.15, -0.1) is 0 Å². The summed E-state index contributed by atoms with van der Waals surface area (Å²) in [5, 5.41) is 11.0. The van der Waals surface area contributed by atoms with Gasteiger partial charge in [0, 0.05) is 50.3 Å². The van der Waals surface area contributed by atoms with Crippen molar-refractivity contribution in [2.75, 3.05) is 52.4 Å². The SMILES string of the molecule is O=C(O)NCCN1CC2CN(CCOc3ccc(Br)cc3F)CC(C1)O2. The van der Waals surface area contributed by atoms with Gasteiger partial charge >= 0.3 is 6.09 Å². The first kappa shape index (κ1) is 19.3. The van der Waals surface area contributed by atoms with Crippen LogP contribution in [-0.2, 0) is 4.74 Å². The molecule has 2 unspecified atom stereocenters. The molecule has 0 saturated carbocycles. The molecule has 2 bridgehead atoms. The van der Waals surface area contributed by atoms with E-state index >= 15 is 0 Å². The van der Waals surface area contributed by atoms with Crippen molar-refractivity contribution >= 4 is 22.0 Å². The number of nitrogens with zero attached hydrogens (tertiary/aromatic N) is 2. The van der Waals surface area contributed by atoms with E-state index in [4.69, 9.17) is 14.6 Å². The smallest absolute Gasteiger partial charge is 0.404 e. The lowest BCUT2D eigenvalue weighted by Gasteiger charge is -2.45. The van der Waals surface area contributed by atoms with E-state index in [1.807, 2.05) is 0 Å². The minimum atomic E-state index is -0.994. The third-order valence-corrected chi connectivity index (χ3v) is 4.99. The second-order valence-corrected chi connectivity index (χ2v) is 7.47. The minimum absolute atomic E-state index is 0.108. The average molecular weight is 432 g/mol. The Kier molecular flexibility index (Phi) is 6.68. The molecule has 26 heavy (non-hydrogen) atoms. The number of nitrogens with one attached hydrogen (secondary N) is 1. The Hall–Kier alpha value is -1.42. The van der Waals surface area contributed by atoms with Gasteiger partial charge in [0.05, 0.1) is 12.2 Å². The van der Waals surface area contributed by atoms with Crippen molar-refractivity contribution < 1.29 is 23.8 Å². The fourth-order valence-electron chi connectivity index (χ4n) is 3.42. The molecule has 0 spiro atoms. The zero-order valence-corrected chi connectivity index (χ0v) is 16.0. The van der Waals surface area contributed by atoms with Gasteiger partial charge in [-0.2, -0.15) is 0 Å². The van der Waals surface area contributed by atoms with E-state index in [1.54, 1.807) is 12.1 Å². The van der Waals surface area contributed by atoms with E-state index in [1.165, 1.54) is 6.07 Å². The number of fused-ring (bicyclic) bond motifs is 2. The van der Waals surface area contributed by atoms with Crippen molar-refractivity contribution in [2.45, 2.75) is 12.2 Å². The predicted molar refractivity (Wildman–Crippen MR) is 97.2 cm³/mol. The van der Waals surface area contributed by atoms with E-state index in [-0.39, 0.29) is 23.8 Å². The Morgan fingerprint density at radius 2 is 1.92 bits per heavy atom. The maximum Gasteiger partial charge on any atom is 0.404 e. The summed E-state index contributed by atoms with van der Waals surface area (Å²) in [4.78, 5) is 15.0. The van der Waals surface area contributed by atoms with Crippen LogP contribution < -0.4 is 10.1 Å². The Bertz CT molecular complexity index is 622. The van der Waals surface area contributed by atoms with Crippen molar-refractivity contribution in [3.05, 3.63) is 28.5 Å². The highest BCUT2D eigenvalue weighted by atomic mass is 79.9. The first-order chi connectivity index (χ1) is 12.5. The summed E-state index contributed by atoms with van der Waals surface area (Å²) < 4.78 is 26.0. The number of amides is 1. The highest BCUT2D eigenvalue weighted by Crippen LogP contribution is 2.22. The van der Waals surface area contributed by atoms with E-state index in [2.05, 4.69) is 31.0 Å². The van der Waals surface area contributed by atoms with Crippen molar-refractivity contribution in [3.63, 3.8) is 0 Å². The van der Waals surface area contributed by atoms with Gasteiger partial charge in [0.25, 0.3) is 0 Å². The second-order valence-electron chi connectivity index (χ2n) is 6.55. The van der Waals surface area contributed by atoms with Gasteiger partial charge in [-0.05, 0) is 18.2 Å². The van der Waals surface area contributed by atoms with Crippen LogP contribution in [0, 0.1) is 5.82 Å². The van der Waals surface area contributed by atoms with Crippen LogP contribution in [0.5, 0.6) is 5.75 Å². The normalized spacial score (nSPS) is 23.6. The number of carbonyl (C=O) groups is 1. The largest absolute Gasteiger partial charge is 0.489 e. The molecule has 9 heteroatoms. The van der Waals surface area contributed by atoms with Crippen LogP contribution in [0.15, 0.2) is 22.7 Å². The molecule has 3 rings (SSSR count). The summed E-state index contributed by atoms with van der Waals surface area (Å²) >= 11 is 3.23. The topological polar surface area (TPSA) is 74.3 Å². The molecule has 1 aromatic rings. The van der Waals surface area contributed by atoms with Gasteiger partial charge in [-0.25, -0.2) is 9.18 Å². The van der Waals surface area contributed by atoms with Crippen LogP contribution in [0.25, 0.3) is 0 Å². The molecule has 2 aliphatic heterocycles. The number of morpholine rings is 2. The zero-order chi connectivity index (χ0) is 18.5. The minimum Gasteiger partial charge on any atom is -0.489 e. The lowest BCUT2D eigenvalue weighted by atomic mass is 10.1. The van der Waals surface area contributed by atoms with Gasteiger partial charge in [0.1, 0.15) is 6.61 Å². The number of halogens is 2. The van der Waals surface area contributed by atoms with Gasteiger partial charge in [-0.3, -0.25) is 9.80 Å². The Morgan fingerprint density at radius 1 is 1.27 bits per heavy atom. The number of hydrogen-bond acceptors (Lipinski definition) is 5. The summed E-state index contributed by atoms with van der Waals surface area (Å²) in [5.41, 5.74) is 0. The van der Waals surface area contributed by atoms with Crippen LogP contribution in [0.4, 0.5) is 9.18 Å². The summed E-state index contributed by atoms with van der Waals surface area (Å²) in [6.45, 7) is 5.42. The third kappa shape index (κ3) is 5.54. The first-order valence-electron chi connectivity index (χ1n) is 8.64. The van der Waals surface area contributed by atoms with Crippen LogP contribution in [0.1, 0.15) is 0 Å². The molecule has 2 aliphatic rings. The number of benzene rings is 1. The molecule has 2 fully saturated rings. The molecule has 144 valence electrons. The summed E-state index contributed by atoms with van der Waals surface area (Å²) in [7, 11) is 0. The lowest BCUT2D eigenvalue weighted by Crippen LogP contribution is -2.60. The quantitative estimate of drug-likeness (QED) is 0.683. The maximum absolute atomic E-state index is 13.8. The van der Waals surface area contributed by atoms with Crippen molar-refractivity contribution in [1.29, 1.82) is 0 Å². The number of ether oxygens (including phenoxy) is 2. The van der Waals surface area contributed by atoms with Gasteiger partial charge < -0.3 is 19.9 Å². The molecule has 1 aromatic carbocycles. The molecular formula is C17H23BrFN3O4. The summed E-state index contributed by atoms with van der Waals surface area (Å²) in [6.07, 6.45) is -0.777. The van der Waals surface area contributed by atoms with Crippen LogP contribution in [0.2, 0.25) is 0 Å². The van der Waals surface area contributed by atoms with Crippen LogP contribution in [0.3, 0.4) is 0 Å². The predicted octanol–water partition coefficient (Wildman–Crippen LogP) is 1.62. The third-order valence-electron chi connectivity index (χ3n) is 4.50. The molecule has 0 radical (unpaired) electrons. The standard InChI is InChI=1S/C17H23BrFN3O4/c18-12-1-2-16(15(19)7-12)25-6-5-22-10-13-8-21(4-3-20-17(23)24)9-14(11-22)26-13/h1-2,7,13-14,20H,3-6,8-11H2,(H,23,24). The van der Waals surface area contributed by atoms with E-state index in [0.717, 1.165) is 26.2 Å². The second kappa shape index (κ2) is 8.98. The molecule has 0 aromatic heterocycles. The highest BCUT2D eigenvalue weighted by molar-refractivity contribution is 9.10. The summed E-state index contributed by atoms with van der Waals surface area (Å²) in [5.74, 6) is -0.109. The lowest BCUT2D eigenvalue weighted by molar-refractivity contribution is -0.138. The molecule has 0 aliphatic carbocycles. The van der Waals surface area contributed by atoms with E-state index in [9.17, 15) is 9.18 Å². The fourth-order valence-corrected chi connectivity index (χ4v) is 3.76. The maximum atomic E-state index is 13.8. The monoisotopic (exact) mass is 431 g/mol. The van der Waals surface area contributed by atoms with Gasteiger partial charge in [0.2, 0.25) is 0 Å². The highest BCUT2D eigenvalue weighted by Gasteiger charge is 2.34. The molecule has 2 N–H and O–H groups in total. The Balaban J connectivity index is 1.40. The number of hydrogen-bond donors (Lipinski definition) is 2. The van der Waals surface area contributed by atoms with Crippen LogP contribution >= 0.6 is 15.9 Å². The Morgan fingerprint density at radius 3 is 2.54 bits per heavy atom. The molecule has 2 atom stereocenters. The zero-order valence-electron chi connectivity index (χ0n) is 14.4. The van der Waals surface area contributed by atoms with Crippen molar-refractivity contribution in [2.24, 2.45) is 0 Å². The molecule has 1 amide bonds. The fraction of sp³-hybridized carbons (Fsp3) is 0.588. The average Bonchev–Trinajstić information content (AvgIpc) is 2.56. The molecule has 2 saturated heterocycles. The first-order valence-corrected chi connectivity index (χ1v) is 9.43. The van der Waals surface area contributed by atoms with Crippen molar-refractivity contribution in [1.82, 2.24) is 15.1 Å². The molecule has 7 nitrogen and oxygen atoms in total. The van der Waals surface area contributed by atoms with Crippen LogP contribution in [-0.4, -0.2) is 85.6 Å².